The minimum Gasteiger partial charge on any atom is -0.543 e. The monoisotopic (exact) mass is 390 g/mol. The largest absolute Gasteiger partial charge is 0.543 e. The van der Waals surface area contributed by atoms with Crippen LogP contribution in [0.15, 0.2) is 18.2 Å². The van der Waals surface area contributed by atoms with E-state index < -0.39 is 8.32 Å². The SMILES string of the molecule is CC(C)(C)c1ccc(O[Si](C)(C)C(C)(C)C)c(I)c1. The molecule has 0 heterocycles. The second-order valence-corrected chi connectivity index (χ2v) is 13.6. The zero-order valence-electron chi connectivity index (χ0n) is 13.5. The topological polar surface area (TPSA) is 9.23 Å². The molecular weight excluding hydrogens is 363 g/mol. The molecular formula is C16H27IOSi. The van der Waals surface area contributed by atoms with Crippen molar-refractivity contribution in [1.82, 2.24) is 0 Å². The van der Waals surface area contributed by atoms with Gasteiger partial charge in [0.15, 0.2) is 0 Å². The predicted molar refractivity (Wildman–Crippen MR) is 95.7 cm³/mol. The molecule has 0 fully saturated rings. The molecule has 3 heteroatoms. The van der Waals surface area contributed by atoms with Gasteiger partial charge in [0.2, 0.25) is 0 Å². The molecule has 0 aliphatic rings. The first-order valence-corrected chi connectivity index (χ1v) is 10.8. The Bertz CT molecular complexity index is 453. The molecule has 0 spiro atoms. The summed E-state index contributed by atoms with van der Waals surface area (Å²) < 4.78 is 7.61. The van der Waals surface area contributed by atoms with Crippen LogP contribution in [0.4, 0.5) is 0 Å². The molecule has 0 aliphatic heterocycles. The Kier molecular flexibility index (Phi) is 4.83. The first kappa shape index (κ1) is 17.0. The van der Waals surface area contributed by atoms with Crippen LogP contribution in [0.3, 0.4) is 0 Å². The molecule has 0 bridgehead atoms. The second kappa shape index (κ2) is 5.39. The van der Waals surface area contributed by atoms with Crippen LogP contribution in [0, 0.1) is 3.57 Å². The lowest BCUT2D eigenvalue weighted by atomic mass is 9.87. The maximum Gasteiger partial charge on any atom is 0.250 e. The minimum atomic E-state index is -1.75. The lowest BCUT2D eigenvalue weighted by Crippen LogP contribution is -2.44. The van der Waals surface area contributed by atoms with E-state index in [0.717, 1.165) is 5.75 Å². The van der Waals surface area contributed by atoms with Crippen LogP contribution in [0.1, 0.15) is 47.1 Å². The Hall–Kier alpha value is -0.0331. The quantitative estimate of drug-likeness (QED) is 0.446. The summed E-state index contributed by atoms with van der Waals surface area (Å²) in [6.07, 6.45) is 0. The third kappa shape index (κ3) is 4.21. The van der Waals surface area contributed by atoms with Crippen LogP contribution in [0.2, 0.25) is 18.1 Å². The van der Waals surface area contributed by atoms with Gasteiger partial charge < -0.3 is 4.43 Å². The molecule has 0 saturated heterocycles. The molecule has 1 rings (SSSR count). The summed E-state index contributed by atoms with van der Waals surface area (Å²) in [5.41, 5.74) is 1.55. The Labute approximate surface area is 133 Å². The van der Waals surface area contributed by atoms with Crippen LogP contribution in [0.25, 0.3) is 0 Å². The summed E-state index contributed by atoms with van der Waals surface area (Å²) in [6, 6.07) is 6.59. The van der Waals surface area contributed by atoms with E-state index in [4.69, 9.17) is 4.43 Å². The molecule has 0 amide bonds. The standard InChI is InChI=1S/C16H27IOSi/c1-15(2,3)12-9-10-14(13(17)11-12)18-19(7,8)16(4,5)6/h9-11H,1-8H3. The summed E-state index contributed by atoms with van der Waals surface area (Å²) in [5.74, 6) is 1.04. The highest BCUT2D eigenvalue weighted by atomic mass is 127. The number of hydrogen-bond acceptors (Lipinski definition) is 1. The molecule has 1 aromatic carbocycles. The van der Waals surface area contributed by atoms with Crippen molar-refractivity contribution in [2.24, 2.45) is 0 Å². The maximum atomic E-state index is 6.40. The highest BCUT2D eigenvalue weighted by Gasteiger charge is 2.39. The number of hydrogen-bond donors (Lipinski definition) is 0. The van der Waals surface area contributed by atoms with Gasteiger partial charge in [-0.25, -0.2) is 0 Å². The van der Waals surface area contributed by atoms with Crippen LogP contribution in [-0.4, -0.2) is 8.32 Å². The van der Waals surface area contributed by atoms with E-state index >= 15 is 0 Å². The molecule has 0 atom stereocenters. The molecule has 0 aliphatic carbocycles. The van der Waals surface area contributed by atoms with Crippen LogP contribution >= 0.6 is 22.6 Å². The summed E-state index contributed by atoms with van der Waals surface area (Å²) >= 11 is 2.39. The molecule has 0 radical (unpaired) electrons. The van der Waals surface area contributed by atoms with Crippen molar-refractivity contribution < 1.29 is 4.43 Å². The predicted octanol–water partition coefficient (Wildman–Crippen LogP) is 5.97. The molecule has 0 aromatic heterocycles. The average Bonchev–Trinajstić information content (AvgIpc) is 2.17. The number of rotatable bonds is 2. The number of halogens is 1. The molecule has 1 aromatic rings. The summed E-state index contributed by atoms with van der Waals surface area (Å²) in [5, 5.41) is 0.235. The van der Waals surface area contributed by atoms with Gasteiger partial charge in [-0.15, -0.1) is 0 Å². The van der Waals surface area contributed by atoms with Gasteiger partial charge in [0.05, 0.1) is 3.57 Å². The lowest BCUT2D eigenvalue weighted by Gasteiger charge is -2.37. The van der Waals surface area contributed by atoms with Crippen LogP contribution < -0.4 is 4.43 Å². The third-order valence-corrected chi connectivity index (χ3v) is 9.15. The van der Waals surface area contributed by atoms with Gasteiger partial charge in [-0.1, -0.05) is 47.6 Å². The first-order chi connectivity index (χ1) is 8.34. The van der Waals surface area contributed by atoms with E-state index in [1.54, 1.807) is 0 Å². The van der Waals surface area contributed by atoms with E-state index in [0.29, 0.717) is 0 Å². The molecule has 1 nitrogen and oxygen atoms in total. The van der Waals surface area contributed by atoms with Crippen LogP contribution in [0.5, 0.6) is 5.75 Å². The molecule has 19 heavy (non-hydrogen) atoms. The second-order valence-electron chi connectivity index (χ2n) is 7.76. The Morgan fingerprint density at radius 2 is 1.53 bits per heavy atom. The normalized spacial score (nSPS) is 13.5. The molecule has 0 unspecified atom stereocenters. The highest BCUT2D eigenvalue weighted by Crippen LogP contribution is 2.39. The third-order valence-electron chi connectivity index (χ3n) is 3.97. The van der Waals surface area contributed by atoms with Crippen molar-refractivity contribution in [3.05, 3.63) is 27.3 Å². The maximum absolute atomic E-state index is 6.40. The van der Waals surface area contributed by atoms with Crippen molar-refractivity contribution >= 4 is 30.9 Å². The Morgan fingerprint density at radius 1 is 1.00 bits per heavy atom. The van der Waals surface area contributed by atoms with Gasteiger partial charge in [-0.3, -0.25) is 0 Å². The minimum absolute atomic E-state index is 0.190. The van der Waals surface area contributed by atoms with Gasteiger partial charge in [-0.2, -0.15) is 0 Å². The van der Waals surface area contributed by atoms with Crippen molar-refractivity contribution in [2.45, 2.75) is 65.1 Å². The summed E-state index contributed by atoms with van der Waals surface area (Å²) in [6.45, 7) is 18.1. The lowest BCUT2D eigenvalue weighted by molar-refractivity contribution is 0.488. The van der Waals surface area contributed by atoms with Gasteiger partial charge in [-0.05, 0) is 63.8 Å². The zero-order valence-corrected chi connectivity index (χ0v) is 16.7. The van der Waals surface area contributed by atoms with Crippen molar-refractivity contribution in [1.29, 1.82) is 0 Å². The Balaban J connectivity index is 3.06. The fourth-order valence-electron chi connectivity index (χ4n) is 1.48. The molecule has 0 N–H and O–H groups in total. The van der Waals surface area contributed by atoms with Crippen molar-refractivity contribution in [3.63, 3.8) is 0 Å². The van der Waals surface area contributed by atoms with Crippen LogP contribution in [-0.2, 0) is 5.41 Å². The van der Waals surface area contributed by atoms with Crippen molar-refractivity contribution in [2.75, 3.05) is 0 Å². The average molecular weight is 390 g/mol. The van der Waals surface area contributed by atoms with E-state index in [1.165, 1.54) is 9.13 Å². The van der Waals surface area contributed by atoms with E-state index in [-0.39, 0.29) is 10.5 Å². The molecule has 108 valence electrons. The van der Waals surface area contributed by atoms with E-state index in [2.05, 4.69) is 95.4 Å². The summed E-state index contributed by atoms with van der Waals surface area (Å²) in [4.78, 5) is 0. The Morgan fingerprint density at radius 3 is 1.89 bits per heavy atom. The van der Waals surface area contributed by atoms with Crippen molar-refractivity contribution in [3.8, 4) is 5.75 Å². The number of benzene rings is 1. The fraction of sp³-hybridized carbons (Fsp3) is 0.625. The smallest absolute Gasteiger partial charge is 0.250 e. The highest BCUT2D eigenvalue weighted by molar-refractivity contribution is 14.1. The molecule has 0 saturated carbocycles. The first-order valence-electron chi connectivity index (χ1n) is 6.84. The zero-order chi connectivity index (χ0) is 15.1. The van der Waals surface area contributed by atoms with Gasteiger partial charge in [0, 0.05) is 0 Å². The van der Waals surface area contributed by atoms with Gasteiger partial charge in [0.25, 0.3) is 8.32 Å². The van der Waals surface area contributed by atoms with Gasteiger partial charge in [0.1, 0.15) is 5.75 Å². The van der Waals surface area contributed by atoms with E-state index in [9.17, 15) is 0 Å². The fourth-order valence-corrected chi connectivity index (χ4v) is 3.35. The summed E-state index contributed by atoms with van der Waals surface area (Å²) in [7, 11) is -1.75. The van der Waals surface area contributed by atoms with E-state index in [1.807, 2.05) is 0 Å². The van der Waals surface area contributed by atoms with Gasteiger partial charge >= 0.3 is 0 Å².